The fraction of sp³-hybridized carbons (Fsp3) is 0.533. The van der Waals surface area contributed by atoms with Crippen LogP contribution < -0.4 is 5.73 Å². The highest BCUT2D eigenvalue weighted by molar-refractivity contribution is 5.70. The van der Waals surface area contributed by atoms with E-state index in [1.807, 2.05) is 18.2 Å². The lowest BCUT2D eigenvalue weighted by atomic mass is 9.71. The van der Waals surface area contributed by atoms with Gasteiger partial charge in [-0.15, -0.1) is 0 Å². The predicted molar refractivity (Wildman–Crippen MR) is 71.2 cm³/mol. The van der Waals surface area contributed by atoms with Gasteiger partial charge in [0.15, 0.2) is 0 Å². The Bertz CT molecular complexity index is 391. The van der Waals surface area contributed by atoms with Crippen molar-refractivity contribution in [1.29, 1.82) is 0 Å². The highest BCUT2D eigenvalue weighted by Crippen LogP contribution is 2.35. The molecule has 0 aliphatic heterocycles. The van der Waals surface area contributed by atoms with E-state index < -0.39 is 5.97 Å². The van der Waals surface area contributed by atoms with Crippen LogP contribution in [0.15, 0.2) is 30.3 Å². The highest BCUT2D eigenvalue weighted by Gasteiger charge is 2.34. The largest absolute Gasteiger partial charge is 0.481 e. The molecular weight excluding hydrogens is 226 g/mol. The number of hydrogen-bond acceptors (Lipinski definition) is 2. The Morgan fingerprint density at radius 1 is 1.28 bits per heavy atom. The minimum atomic E-state index is -0.647. The van der Waals surface area contributed by atoms with Crippen LogP contribution in [0, 0.1) is 17.8 Å². The Balaban J connectivity index is 2.07. The molecule has 0 spiro atoms. The molecule has 0 radical (unpaired) electrons. The molecule has 0 saturated heterocycles. The molecule has 1 aromatic rings. The summed E-state index contributed by atoms with van der Waals surface area (Å²) in [5, 5.41) is 9.31. The number of hydrogen-bond donors (Lipinski definition) is 2. The number of benzene rings is 1. The van der Waals surface area contributed by atoms with Crippen LogP contribution in [0.2, 0.25) is 0 Å². The van der Waals surface area contributed by atoms with Gasteiger partial charge in [-0.05, 0) is 49.6 Å². The van der Waals surface area contributed by atoms with Crippen LogP contribution in [0.3, 0.4) is 0 Å². The predicted octanol–water partition coefficient (Wildman–Crippen LogP) is 2.30. The highest BCUT2D eigenvalue weighted by atomic mass is 16.4. The van der Waals surface area contributed by atoms with Gasteiger partial charge in [0.1, 0.15) is 0 Å². The van der Waals surface area contributed by atoms with Crippen LogP contribution in [0.1, 0.15) is 24.8 Å². The van der Waals surface area contributed by atoms with E-state index in [-0.39, 0.29) is 11.8 Å². The normalized spacial score (nSPS) is 27.9. The van der Waals surface area contributed by atoms with Crippen molar-refractivity contribution >= 4 is 5.97 Å². The average Bonchev–Trinajstić information content (AvgIpc) is 2.39. The second kappa shape index (κ2) is 6.01. The van der Waals surface area contributed by atoms with Gasteiger partial charge in [0.2, 0.25) is 0 Å². The third kappa shape index (κ3) is 3.10. The van der Waals surface area contributed by atoms with E-state index in [1.54, 1.807) is 0 Å². The summed E-state index contributed by atoms with van der Waals surface area (Å²) in [5.74, 6) is -0.124. The second-order valence-corrected chi connectivity index (χ2v) is 5.31. The first-order valence-corrected chi connectivity index (χ1v) is 6.67. The maximum atomic E-state index is 11.3. The van der Waals surface area contributed by atoms with Gasteiger partial charge in [0.25, 0.3) is 0 Å². The Hall–Kier alpha value is -1.35. The summed E-state index contributed by atoms with van der Waals surface area (Å²) in [6.45, 7) is 0.678. The molecule has 1 aliphatic carbocycles. The van der Waals surface area contributed by atoms with E-state index in [2.05, 4.69) is 12.1 Å². The van der Waals surface area contributed by atoms with Gasteiger partial charge < -0.3 is 10.8 Å². The first-order valence-electron chi connectivity index (χ1n) is 6.67. The van der Waals surface area contributed by atoms with Crippen LogP contribution in [0.25, 0.3) is 0 Å². The molecule has 2 rings (SSSR count). The molecule has 0 aromatic heterocycles. The zero-order valence-corrected chi connectivity index (χ0v) is 10.6. The van der Waals surface area contributed by atoms with E-state index in [1.165, 1.54) is 5.56 Å². The molecule has 18 heavy (non-hydrogen) atoms. The van der Waals surface area contributed by atoms with Crippen LogP contribution in [-0.4, -0.2) is 17.6 Å². The summed E-state index contributed by atoms with van der Waals surface area (Å²) < 4.78 is 0. The van der Waals surface area contributed by atoms with Crippen molar-refractivity contribution in [2.45, 2.75) is 25.7 Å². The Labute approximate surface area is 108 Å². The molecule has 1 aromatic carbocycles. The molecule has 3 unspecified atom stereocenters. The van der Waals surface area contributed by atoms with Gasteiger partial charge in [-0.2, -0.15) is 0 Å². The Morgan fingerprint density at radius 2 is 2.00 bits per heavy atom. The molecule has 3 N–H and O–H groups in total. The van der Waals surface area contributed by atoms with Crippen molar-refractivity contribution in [2.24, 2.45) is 23.5 Å². The quantitative estimate of drug-likeness (QED) is 0.858. The average molecular weight is 247 g/mol. The smallest absolute Gasteiger partial charge is 0.306 e. The van der Waals surface area contributed by atoms with Crippen LogP contribution in [-0.2, 0) is 11.2 Å². The molecule has 3 atom stereocenters. The van der Waals surface area contributed by atoms with Gasteiger partial charge in [-0.1, -0.05) is 30.3 Å². The third-order valence-electron chi connectivity index (χ3n) is 4.08. The monoisotopic (exact) mass is 247 g/mol. The molecule has 0 amide bonds. The van der Waals surface area contributed by atoms with E-state index >= 15 is 0 Å². The van der Waals surface area contributed by atoms with Gasteiger partial charge in [0.05, 0.1) is 5.92 Å². The van der Waals surface area contributed by atoms with Gasteiger partial charge >= 0.3 is 5.97 Å². The molecule has 1 fully saturated rings. The van der Waals surface area contributed by atoms with Crippen LogP contribution in [0.4, 0.5) is 0 Å². The maximum Gasteiger partial charge on any atom is 0.306 e. The fourth-order valence-electron chi connectivity index (χ4n) is 3.04. The summed E-state index contributed by atoms with van der Waals surface area (Å²) in [4.78, 5) is 11.3. The summed E-state index contributed by atoms with van der Waals surface area (Å²) in [5.41, 5.74) is 6.96. The van der Waals surface area contributed by atoms with Crippen LogP contribution in [0.5, 0.6) is 0 Å². The molecule has 3 heteroatoms. The molecule has 98 valence electrons. The van der Waals surface area contributed by atoms with Crippen molar-refractivity contribution < 1.29 is 9.90 Å². The van der Waals surface area contributed by atoms with Crippen molar-refractivity contribution in [1.82, 2.24) is 0 Å². The Kier molecular flexibility index (Phi) is 4.37. The minimum Gasteiger partial charge on any atom is -0.481 e. The number of carboxylic acids is 1. The fourth-order valence-corrected chi connectivity index (χ4v) is 3.04. The SMILES string of the molecule is NCC1CCC(C(=O)O)C(Cc2ccccc2)C1. The lowest BCUT2D eigenvalue weighted by Crippen LogP contribution is -2.34. The molecule has 0 bridgehead atoms. The lowest BCUT2D eigenvalue weighted by molar-refractivity contribution is -0.145. The molecule has 1 saturated carbocycles. The Morgan fingerprint density at radius 3 is 2.61 bits per heavy atom. The number of carbonyl (C=O) groups is 1. The maximum absolute atomic E-state index is 11.3. The summed E-state index contributed by atoms with van der Waals surface area (Å²) in [6, 6.07) is 10.2. The minimum absolute atomic E-state index is 0.201. The zero-order chi connectivity index (χ0) is 13.0. The zero-order valence-electron chi connectivity index (χ0n) is 10.6. The number of aliphatic carboxylic acids is 1. The van der Waals surface area contributed by atoms with Crippen molar-refractivity contribution in [2.75, 3.05) is 6.54 Å². The molecule has 0 heterocycles. The summed E-state index contributed by atoms with van der Waals surface area (Å²) in [6.07, 6.45) is 3.53. The van der Waals surface area contributed by atoms with Crippen molar-refractivity contribution in [3.8, 4) is 0 Å². The molecule has 3 nitrogen and oxygen atoms in total. The van der Waals surface area contributed by atoms with E-state index in [4.69, 9.17) is 5.73 Å². The topological polar surface area (TPSA) is 63.3 Å². The van der Waals surface area contributed by atoms with Crippen molar-refractivity contribution in [3.63, 3.8) is 0 Å². The standard InChI is InChI=1S/C15H21NO2/c16-10-12-6-7-14(15(17)18)13(9-12)8-11-4-2-1-3-5-11/h1-5,12-14H,6-10,16H2,(H,17,18). The number of carboxylic acid groups (broad SMARTS) is 1. The van der Waals surface area contributed by atoms with Gasteiger partial charge in [0, 0.05) is 0 Å². The van der Waals surface area contributed by atoms with Gasteiger partial charge in [-0.3, -0.25) is 4.79 Å². The lowest BCUT2D eigenvalue weighted by Gasteiger charge is -2.33. The third-order valence-corrected chi connectivity index (χ3v) is 4.08. The number of nitrogens with two attached hydrogens (primary N) is 1. The van der Waals surface area contributed by atoms with Crippen molar-refractivity contribution in [3.05, 3.63) is 35.9 Å². The van der Waals surface area contributed by atoms with E-state index in [0.717, 1.165) is 25.7 Å². The first kappa shape index (κ1) is 13.1. The summed E-state index contributed by atoms with van der Waals surface area (Å²) >= 11 is 0. The number of rotatable bonds is 4. The molecular formula is C15H21NO2. The van der Waals surface area contributed by atoms with E-state index in [0.29, 0.717) is 12.5 Å². The second-order valence-electron chi connectivity index (χ2n) is 5.31. The van der Waals surface area contributed by atoms with E-state index in [9.17, 15) is 9.90 Å². The molecule has 1 aliphatic rings. The van der Waals surface area contributed by atoms with Crippen LogP contribution >= 0.6 is 0 Å². The van der Waals surface area contributed by atoms with Gasteiger partial charge in [-0.25, -0.2) is 0 Å². The summed E-state index contributed by atoms with van der Waals surface area (Å²) in [7, 11) is 0. The first-order chi connectivity index (χ1) is 8.70.